The molecular weight excluding hydrogens is 869 g/mol. The van der Waals surface area contributed by atoms with Crippen molar-refractivity contribution in [3.8, 4) is 0 Å². The Labute approximate surface area is 413 Å². The van der Waals surface area contributed by atoms with Gasteiger partial charge in [0.05, 0.1) is 36.0 Å². The maximum absolute atomic E-state index is 14.3. The molecule has 2 heterocycles. The predicted octanol–water partition coefficient (Wildman–Crippen LogP) is 12.1. The van der Waals surface area contributed by atoms with E-state index in [1.807, 2.05) is 39.8 Å². The maximum atomic E-state index is 14.3. The fourth-order valence-electron chi connectivity index (χ4n) is 14.9. The fraction of sp³-hybridized carbons (Fsp3) is 0.729. The maximum Gasteiger partial charge on any atom is 0.338 e. The molecule has 0 N–H and O–H groups in total. The van der Waals surface area contributed by atoms with Crippen LogP contribution in [0.2, 0.25) is 0 Å². The van der Waals surface area contributed by atoms with Gasteiger partial charge in [0.2, 0.25) is 0 Å². The number of hydrogen-bond acceptors (Lipinski definition) is 10. The Kier molecular flexibility index (Phi) is 16.3. The molecule has 2 aromatic carbocycles. The van der Waals surface area contributed by atoms with Gasteiger partial charge in [-0.15, -0.1) is 0 Å². The molecule has 2 aliphatic heterocycles. The lowest BCUT2D eigenvalue weighted by molar-refractivity contribution is -0.284. The van der Waals surface area contributed by atoms with E-state index in [0.29, 0.717) is 78.2 Å². The molecule has 10 heteroatoms. The van der Waals surface area contributed by atoms with Crippen LogP contribution in [-0.2, 0) is 38.0 Å². The molecule has 0 amide bonds. The van der Waals surface area contributed by atoms with Crippen LogP contribution in [0.4, 0.5) is 0 Å². The van der Waals surface area contributed by atoms with Crippen LogP contribution < -0.4 is 0 Å². The predicted molar refractivity (Wildman–Crippen MR) is 265 cm³/mol. The summed E-state index contributed by atoms with van der Waals surface area (Å²) in [5.74, 6) is 1.92. The first-order valence-corrected chi connectivity index (χ1v) is 27.1. The van der Waals surface area contributed by atoms with Gasteiger partial charge < -0.3 is 28.4 Å². The minimum atomic E-state index is -1.04. The van der Waals surface area contributed by atoms with Gasteiger partial charge in [-0.1, -0.05) is 106 Å². The summed E-state index contributed by atoms with van der Waals surface area (Å²) in [4.78, 5) is 55.5. The van der Waals surface area contributed by atoms with E-state index in [2.05, 4.69) is 41.5 Å². The average Bonchev–Trinajstić information content (AvgIpc) is 3.63. The van der Waals surface area contributed by atoms with Gasteiger partial charge in [0, 0.05) is 36.5 Å². The lowest BCUT2D eigenvalue weighted by atomic mass is 9.44. The van der Waals surface area contributed by atoms with Crippen molar-refractivity contribution in [1.82, 2.24) is 0 Å². The monoisotopic (exact) mass is 953 g/mol. The van der Waals surface area contributed by atoms with Gasteiger partial charge in [0.1, 0.15) is 17.7 Å². The summed E-state index contributed by atoms with van der Waals surface area (Å²) in [5, 5.41) is 0. The lowest BCUT2D eigenvalue weighted by Crippen LogP contribution is -2.57. The molecule has 12 unspecified atom stereocenters. The third-order valence-electron chi connectivity index (χ3n) is 19.6. The minimum Gasteiger partial charge on any atom is -0.454 e. The number of Topliss-reactive ketones (excluding diaryl/α,β-unsaturated/α-hetero) is 2. The van der Waals surface area contributed by atoms with Crippen LogP contribution in [0.25, 0.3) is 0 Å². The second-order valence-corrected chi connectivity index (χ2v) is 23.4. The molecule has 380 valence electrons. The zero-order chi connectivity index (χ0) is 49.4. The first kappa shape index (κ1) is 51.9. The topological polar surface area (TPSA) is 124 Å². The molecule has 4 saturated carbocycles. The first-order valence-electron chi connectivity index (χ1n) is 27.1. The average molecular weight is 953 g/mol. The van der Waals surface area contributed by atoms with Gasteiger partial charge >= 0.3 is 11.9 Å². The van der Waals surface area contributed by atoms with Crippen molar-refractivity contribution in [2.75, 3.05) is 6.61 Å². The number of carbonyl (C=O) groups excluding carboxylic acids is 4. The summed E-state index contributed by atoms with van der Waals surface area (Å²) in [6.45, 7) is 22.4. The van der Waals surface area contributed by atoms with Crippen molar-refractivity contribution < 1.29 is 47.6 Å². The van der Waals surface area contributed by atoms with Crippen LogP contribution in [-0.4, -0.2) is 73.2 Å². The van der Waals surface area contributed by atoms with E-state index < -0.39 is 30.4 Å². The second-order valence-electron chi connectivity index (χ2n) is 23.4. The number of benzene rings is 2. The largest absolute Gasteiger partial charge is 0.454 e. The lowest BCUT2D eigenvalue weighted by Gasteiger charge is -2.61. The van der Waals surface area contributed by atoms with Crippen LogP contribution in [0.5, 0.6) is 0 Å². The normalized spacial score (nSPS) is 40.6. The standard InChI is InChI=1S/C59H84O10/c1-11-49-36(5)35(4)37(6)56(66-49)65-43-27-29-58(9)42(31-43)24-25-44-45(58)28-30-59(10)46(44)32-48(61)51(59)38(7)47(60)26-23-34(3)33-64-57-53(69-55(63)41-21-17-14-18-22-41)52(39(8)50(12-2)67-57)68-54(62)40-19-15-13-16-20-40/h13-22,34-39,42-46,49-53,56-57H,11-12,23-33H2,1-10H3/t34-,35-,36-,37?,38+,39+,42?,43?,44?,45?,46?,49?,50?,51?,52-,53?,56+,57+,58?,59?/m0/s1. The van der Waals surface area contributed by atoms with Gasteiger partial charge in [0.15, 0.2) is 18.7 Å². The molecule has 69 heavy (non-hydrogen) atoms. The molecule has 0 radical (unpaired) electrons. The molecule has 6 fully saturated rings. The van der Waals surface area contributed by atoms with Crippen LogP contribution in [0.15, 0.2) is 60.7 Å². The van der Waals surface area contributed by atoms with E-state index in [1.165, 1.54) is 12.8 Å². The number of carbonyl (C=O) groups is 4. The Morgan fingerprint density at radius 3 is 1.93 bits per heavy atom. The summed E-state index contributed by atoms with van der Waals surface area (Å²) in [6.07, 6.45) is 8.13. The molecule has 10 nitrogen and oxygen atoms in total. The van der Waals surface area contributed by atoms with Crippen molar-refractivity contribution in [1.29, 1.82) is 0 Å². The van der Waals surface area contributed by atoms with Crippen LogP contribution in [0.3, 0.4) is 0 Å². The number of esters is 2. The van der Waals surface area contributed by atoms with Crippen LogP contribution in [0.1, 0.15) is 167 Å². The smallest absolute Gasteiger partial charge is 0.338 e. The van der Waals surface area contributed by atoms with Crippen molar-refractivity contribution in [2.45, 2.75) is 189 Å². The van der Waals surface area contributed by atoms with Crippen molar-refractivity contribution >= 4 is 23.5 Å². The van der Waals surface area contributed by atoms with E-state index in [1.54, 1.807) is 48.5 Å². The fourth-order valence-corrected chi connectivity index (χ4v) is 14.9. The molecule has 0 aromatic heterocycles. The third-order valence-corrected chi connectivity index (χ3v) is 19.6. The van der Waals surface area contributed by atoms with E-state index in [9.17, 15) is 19.2 Å². The SMILES string of the molecule is CCC1O[C@@H](OC2CCC3(C)C(CCC4C3CCC3(C)C4CC(=O)C3[C@H](C)C(=O)CC[C@H](C)CO[C@@H]3OC(CC)[C@@H](C)[C@H](OC(=O)c4ccccc4)C3OC(=O)c3ccccc3)C2)C(C)[C@@H](C)[C@@H]1C. The Hall–Kier alpha value is -3.44. The summed E-state index contributed by atoms with van der Waals surface area (Å²) in [6, 6.07) is 17.5. The highest BCUT2D eigenvalue weighted by Crippen LogP contribution is 2.68. The van der Waals surface area contributed by atoms with Crippen molar-refractivity contribution in [2.24, 2.45) is 75.9 Å². The molecular formula is C59H84O10. The Bertz CT molecular complexity index is 2070. The second kappa shape index (κ2) is 21.7. The number of ether oxygens (including phenoxy) is 6. The minimum absolute atomic E-state index is 0.0476. The zero-order valence-electron chi connectivity index (χ0n) is 43.4. The number of rotatable bonds is 16. The summed E-state index contributed by atoms with van der Waals surface area (Å²) >= 11 is 0. The molecule has 6 aliphatic rings. The van der Waals surface area contributed by atoms with E-state index in [4.69, 9.17) is 28.4 Å². The number of ketones is 2. The molecule has 0 bridgehead atoms. The van der Waals surface area contributed by atoms with Crippen LogP contribution in [0, 0.1) is 75.9 Å². The van der Waals surface area contributed by atoms with Gasteiger partial charge in [-0.25, -0.2) is 9.59 Å². The Morgan fingerprint density at radius 1 is 0.696 bits per heavy atom. The molecule has 0 spiro atoms. The number of fused-ring (bicyclic) bond motifs is 5. The third kappa shape index (κ3) is 10.4. The summed E-state index contributed by atoms with van der Waals surface area (Å²) in [5.41, 5.74) is 0.827. The van der Waals surface area contributed by atoms with Gasteiger partial charge in [-0.05, 0) is 141 Å². The van der Waals surface area contributed by atoms with Gasteiger partial charge in [0.25, 0.3) is 0 Å². The van der Waals surface area contributed by atoms with Gasteiger partial charge in [-0.2, -0.15) is 0 Å². The highest BCUT2D eigenvalue weighted by atomic mass is 16.7. The molecule has 4 aliphatic carbocycles. The Balaban J connectivity index is 0.872. The zero-order valence-corrected chi connectivity index (χ0v) is 43.4. The summed E-state index contributed by atoms with van der Waals surface area (Å²) < 4.78 is 38.7. The Morgan fingerprint density at radius 2 is 1.29 bits per heavy atom. The highest BCUT2D eigenvalue weighted by molar-refractivity contribution is 5.92. The molecule has 2 saturated heterocycles. The van der Waals surface area contributed by atoms with Crippen molar-refractivity contribution in [3.05, 3.63) is 71.8 Å². The molecule has 2 aromatic rings. The first-order chi connectivity index (χ1) is 33.0. The van der Waals surface area contributed by atoms with Crippen molar-refractivity contribution in [3.63, 3.8) is 0 Å². The summed E-state index contributed by atoms with van der Waals surface area (Å²) in [7, 11) is 0. The molecule has 8 rings (SSSR count). The van der Waals surface area contributed by atoms with E-state index in [0.717, 1.165) is 38.5 Å². The molecule has 20 atom stereocenters. The highest BCUT2D eigenvalue weighted by Gasteiger charge is 2.64. The quantitative estimate of drug-likeness (QED) is 0.119. The number of hydrogen-bond donors (Lipinski definition) is 0. The van der Waals surface area contributed by atoms with Crippen LogP contribution >= 0.6 is 0 Å². The van der Waals surface area contributed by atoms with E-state index >= 15 is 0 Å². The van der Waals surface area contributed by atoms with Gasteiger partial charge in [-0.3, -0.25) is 9.59 Å². The van der Waals surface area contributed by atoms with E-state index in [-0.39, 0.29) is 77.3 Å².